The van der Waals surface area contributed by atoms with Crippen LogP contribution in [-0.2, 0) is 9.47 Å². The summed E-state index contributed by atoms with van der Waals surface area (Å²) in [5, 5.41) is 3.46. The van der Waals surface area contributed by atoms with Crippen molar-refractivity contribution in [3.05, 3.63) is 0 Å². The van der Waals surface area contributed by atoms with Crippen molar-refractivity contribution in [2.75, 3.05) is 53.6 Å². The third-order valence-electron chi connectivity index (χ3n) is 3.40. The Hall–Kier alpha value is -0.160. The van der Waals surface area contributed by atoms with Gasteiger partial charge in [-0.15, -0.1) is 0 Å². The van der Waals surface area contributed by atoms with E-state index in [1.807, 2.05) is 0 Å². The molecular weight excluding hydrogens is 240 g/mol. The van der Waals surface area contributed by atoms with Gasteiger partial charge in [0.2, 0.25) is 0 Å². The molecule has 4 nitrogen and oxygen atoms in total. The minimum atomic E-state index is 0.621. The Bertz CT molecular complexity index is 180. The number of methoxy groups -OCH3 is 2. The Balaban J connectivity index is 3.81. The summed E-state index contributed by atoms with van der Waals surface area (Å²) in [6.45, 7) is 10.6. The van der Waals surface area contributed by atoms with Crippen LogP contribution in [0.5, 0.6) is 0 Å². The van der Waals surface area contributed by atoms with Gasteiger partial charge in [0.25, 0.3) is 0 Å². The Morgan fingerprint density at radius 2 is 1.74 bits per heavy atom. The first-order chi connectivity index (χ1) is 9.26. The predicted octanol–water partition coefficient (Wildman–Crippen LogP) is 2.14. The highest BCUT2D eigenvalue weighted by Gasteiger charge is 2.12. The Kier molecular flexibility index (Phi) is 14.1. The lowest BCUT2D eigenvalue weighted by Crippen LogP contribution is -2.37. The SMILES string of the molecule is CCCNCCCC(C)N(CCCOC)CCOC. The largest absolute Gasteiger partial charge is 0.385 e. The molecule has 0 amide bonds. The molecule has 0 saturated heterocycles. The Morgan fingerprint density at radius 3 is 2.37 bits per heavy atom. The van der Waals surface area contributed by atoms with Crippen LogP contribution in [-0.4, -0.2) is 64.6 Å². The molecule has 1 unspecified atom stereocenters. The molecule has 0 aromatic rings. The summed E-state index contributed by atoms with van der Waals surface area (Å²) >= 11 is 0. The van der Waals surface area contributed by atoms with Crippen molar-refractivity contribution in [1.29, 1.82) is 0 Å². The summed E-state index contributed by atoms with van der Waals surface area (Å²) in [5.74, 6) is 0. The second-order valence-corrected chi connectivity index (χ2v) is 5.12. The van der Waals surface area contributed by atoms with E-state index in [9.17, 15) is 0 Å². The molecule has 0 radical (unpaired) electrons. The molecule has 0 fully saturated rings. The third kappa shape index (κ3) is 11.4. The fourth-order valence-corrected chi connectivity index (χ4v) is 2.18. The molecule has 0 aliphatic heterocycles. The molecule has 0 aliphatic carbocycles. The highest BCUT2D eigenvalue weighted by Crippen LogP contribution is 2.07. The number of ether oxygens (including phenoxy) is 2. The van der Waals surface area contributed by atoms with Crippen LogP contribution in [0.25, 0.3) is 0 Å². The van der Waals surface area contributed by atoms with Gasteiger partial charge in [0.05, 0.1) is 6.61 Å². The standard InChI is InChI=1S/C15H34N2O2/c1-5-9-16-10-6-8-15(2)17(12-14-19-4)11-7-13-18-3/h15-16H,5-14H2,1-4H3. The molecule has 0 rings (SSSR count). The zero-order valence-corrected chi connectivity index (χ0v) is 13.4. The van der Waals surface area contributed by atoms with Crippen LogP contribution < -0.4 is 5.32 Å². The van der Waals surface area contributed by atoms with Crippen LogP contribution in [0.4, 0.5) is 0 Å². The van der Waals surface area contributed by atoms with Gasteiger partial charge < -0.3 is 14.8 Å². The van der Waals surface area contributed by atoms with Crippen LogP contribution in [0.15, 0.2) is 0 Å². The van der Waals surface area contributed by atoms with Gasteiger partial charge in [-0.1, -0.05) is 6.92 Å². The molecule has 0 saturated carbocycles. The number of nitrogens with one attached hydrogen (secondary N) is 1. The predicted molar refractivity (Wildman–Crippen MR) is 81.8 cm³/mol. The van der Waals surface area contributed by atoms with Crippen LogP contribution in [0.2, 0.25) is 0 Å². The molecule has 0 aliphatic rings. The maximum atomic E-state index is 5.20. The summed E-state index contributed by atoms with van der Waals surface area (Å²) in [5.41, 5.74) is 0. The average molecular weight is 274 g/mol. The van der Waals surface area contributed by atoms with E-state index in [4.69, 9.17) is 9.47 Å². The molecule has 4 heteroatoms. The van der Waals surface area contributed by atoms with Crippen LogP contribution in [0.3, 0.4) is 0 Å². The molecule has 19 heavy (non-hydrogen) atoms. The first kappa shape index (κ1) is 18.8. The highest BCUT2D eigenvalue weighted by molar-refractivity contribution is 4.68. The van der Waals surface area contributed by atoms with Gasteiger partial charge in [-0.25, -0.2) is 0 Å². The first-order valence-corrected chi connectivity index (χ1v) is 7.68. The van der Waals surface area contributed by atoms with E-state index in [-0.39, 0.29) is 0 Å². The molecule has 116 valence electrons. The van der Waals surface area contributed by atoms with Gasteiger partial charge >= 0.3 is 0 Å². The Morgan fingerprint density at radius 1 is 1.00 bits per heavy atom. The monoisotopic (exact) mass is 274 g/mol. The second kappa shape index (κ2) is 14.3. The highest BCUT2D eigenvalue weighted by atomic mass is 16.5. The quantitative estimate of drug-likeness (QED) is 0.492. The minimum Gasteiger partial charge on any atom is -0.385 e. The molecule has 1 N–H and O–H groups in total. The fraction of sp³-hybridized carbons (Fsp3) is 1.00. The summed E-state index contributed by atoms with van der Waals surface area (Å²) < 4.78 is 10.3. The lowest BCUT2D eigenvalue weighted by atomic mass is 10.1. The number of hydrogen-bond donors (Lipinski definition) is 1. The summed E-state index contributed by atoms with van der Waals surface area (Å²) in [6, 6.07) is 0.621. The number of rotatable bonds is 14. The van der Waals surface area contributed by atoms with E-state index >= 15 is 0 Å². The first-order valence-electron chi connectivity index (χ1n) is 7.68. The normalized spacial score (nSPS) is 13.1. The second-order valence-electron chi connectivity index (χ2n) is 5.12. The molecular formula is C15H34N2O2. The topological polar surface area (TPSA) is 33.7 Å². The van der Waals surface area contributed by atoms with Crippen LogP contribution >= 0.6 is 0 Å². The van der Waals surface area contributed by atoms with E-state index in [1.54, 1.807) is 14.2 Å². The number of hydrogen-bond acceptors (Lipinski definition) is 4. The van der Waals surface area contributed by atoms with Gasteiger partial charge in [0.15, 0.2) is 0 Å². The van der Waals surface area contributed by atoms with Gasteiger partial charge in [-0.3, -0.25) is 4.90 Å². The van der Waals surface area contributed by atoms with Crippen molar-refractivity contribution in [1.82, 2.24) is 10.2 Å². The maximum absolute atomic E-state index is 5.20. The van der Waals surface area contributed by atoms with Gasteiger partial charge in [0.1, 0.15) is 0 Å². The van der Waals surface area contributed by atoms with Crippen LogP contribution in [0.1, 0.15) is 39.5 Å². The lowest BCUT2D eigenvalue weighted by molar-refractivity contribution is 0.107. The van der Waals surface area contributed by atoms with Crippen molar-refractivity contribution in [2.24, 2.45) is 0 Å². The lowest BCUT2D eigenvalue weighted by Gasteiger charge is -2.29. The molecule has 0 bridgehead atoms. The fourth-order valence-electron chi connectivity index (χ4n) is 2.18. The minimum absolute atomic E-state index is 0.621. The van der Waals surface area contributed by atoms with E-state index in [1.165, 1.54) is 19.3 Å². The average Bonchev–Trinajstić information content (AvgIpc) is 2.42. The summed E-state index contributed by atoms with van der Waals surface area (Å²) in [4.78, 5) is 2.52. The van der Waals surface area contributed by atoms with Gasteiger partial charge in [-0.05, 0) is 45.7 Å². The van der Waals surface area contributed by atoms with Gasteiger partial charge in [-0.2, -0.15) is 0 Å². The van der Waals surface area contributed by atoms with Crippen molar-refractivity contribution in [3.63, 3.8) is 0 Å². The smallest absolute Gasteiger partial charge is 0.0589 e. The molecule has 0 aromatic heterocycles. The van der Waals surface area contributed by atoms with E-state index in [0.29, 0.717) is 6.04 Å². The summed E-state index contributed by atoms with van der Waals surface area (Å²) in [7, 11) is 3.54. The van der Waals surface area contributed by atoms with E-state index in [2.05, 4.69) is 24.1 Å². The zero-order valence-electron chi connectivity index (χ0n) is 13.4. The Labute approximate surface area is 119 Å². The third-order valence-corrected chi connectivity index (χ3v) is 3.40. The number of nitrogens with zero attached hydrogens (tertiary/aromatic N) is 1. The molecule has 0 spiro atoms. The van der Waals surface area contributed by atoms with Crippen LogP contribution in [0, 0.1) is 0 Å². The molecule has 0 aromatic carbocycles. The van der Waals surface area contributed by atoms with E-state index in [0.717, 1.165) is 45.8 Å². The van der Waals surface area contributed by atoms with Crippen molar-refractivity contribution in [3.8, 4) is 0 Å². The van der Waals surface area contributed by atoms with Crippen molar-refractivity contribution in [2.45, 2.75) is 45.6 Å². The maximum Gasteiger partial charge on any atom is 0.0589 e. The van der Waals surface area contributed by atoms with Crippen molar-refractivity contribution >= 4 is 0 Å². The van der Waals surface area contributed by atoms with E-state index < -0.39 is 0 Å². The molecule has 0 heterocycles. The van der Waals surface area contributed by atoms with Gasteiger partial charge in [0, 0.05) is 40.0 Å². The zero-order chi connectivity index (χ0) is 14.3. The summed E-state index contributed by atoms with van der Waals surface area (Å²) in [6.07, 6.45) is 4.80. The molecule has 1 atom stereocenters. The van der Waals surface area contributed by atoms with Crippen molar-refractivity contribution < 1.29 is 9.47 Å².